The fourth-order valence-corrected chi connectivity index (χ4v) is 4.10. The third kappa shape index (κ3) is 4.66. The lowest BCUT2D eigenvalue weighted by molar-refractivity contribution is -0.119. The van der Waals surface area contributed by atoms with E-state index < -0.39 is 6.04 Å². The monoisotopic (exact) mass is 406 g/mol. The van der Waals surface area contributed by atoms with Gasteiger partial charge in [0.15, 0.2) is 0 Å². The number of hydrogen-bond acceptors (Lipinski definition) is 4. The number of carbonyl (C=O) groups is 2. The average Bonchev–Trinajstić information content (AvgIpc) is 3.46. The first-order valence-electron chi connectivity index (χ1n) is 9.63. The van der Waals surface area contributed by atoms with Gasteiger partial charge in [0.2, 0.25) is 5.91 Å². The number of amides is 2. The molecule has 2 aromatic carbocycles. The minimum absolute atomic E-state index is 0.0673. The van der Waals surface area contributed by atoms with Crippen molar-refractivity contribution in [1.29, 1.82) is 0 Å². The van der Waals surface area contributed by atoms with Crippen molar-refractivity contribution >= 4 is 28.8 Å². The Morgan fingerprint density at radius 1 is 1.03 bits per heavy atom. The number of thiophene rings is 1. The maximum Gasteiger partial charge on any atom is 0.264 e. The first kappa shape index (κ1) is 19.2. The van der Waals surface area contributed by atoms with Crippen molar-refractivity contribution in [1.82, 2.24) is 4.90 Å². The summed E-state index contributed by atoms with van der Waals surface area (Å²) >= 11 is 1.40. The molecular weight excluding hydrogens is 384 g/mol. The van der Waals surface area contributed by atoms with Crippen LogP contribution in [-0.2, 0) is 11.4 Å². The van der Waals surface area contributed by atoms with Gasteiger partial charge < -0.3 is 15.0 Å². The van der Waals surface area contributed by atoms with Gasteiger partial charge in [0.25, 0.3) is 5.91 Å². The second-order valence-electron chi connectivity index (χ2n) is 6.92. The van der Waals surface area contributed by atoms with Gasteiger partial charge >= 0.3 is 0 Å². The Balaban J connectivity index is 1.34. The molecule has 0 saturated carbocycles. The molecule has 29 heavy (non-hydrogen) atoms. The van der Waals surface area contributed by atoms with E-state index in [0.717, 1.165) is 17.7 Å². The van der Waals surface area contributed by atoms with Gasteiger partial charge in [0, 0.05) is 12.2 Å². The number of carbonyl (C=O) groups excluding carboxylic acids is 2. The van der Waals surface area contributed by atoms with E-state index in [1.807, 2.05) is 66.0 Å². The number of hydrogen-bond donors (Lipinski definition) is 1. The Labute approximate surface area is 173 Å². The minimum Gasteiger partial charge on any atom is -0.489 e. The van der Waals surface area contributed by atoms with E-state index in [4.69, 9.17) is 4.74 Å². The molecule has 5 nitrogen and oxygen atoms in total. The molecule has 1 aromatic heterocycles. The van der Waals surface area contributed by atoms with Crippen LogP contribution in [0.15, 0.2) is 72.1 Å². The van der Waals surface area contributed by atoms with Gasteiger partial charge in [-0.25, -0.2) is 0 Å². The van der Waals surface area contributed by atoms with Crippen molar-refractivity contribution < 1.29 is 14.3 Å². The average molecular weight is 407 g/mol. The molecule has 2 heterocycles. The molecule has 1 aliphatic heterocycles. The first-order valence-corrected chi connectivity index (χ1v) is 10.5. The van der Waals surface area contributed by atoms with Crippen LogP contribution < -0.4 is 10.1 Å². The molecular formula is C23H22N2O3S. The Morgan fingerprint density at radius 2 is 1.83 bits per heavy atom. The lowest BCUT2D eigenvalue weighted by atomic mass is 10.2. The highest BCUT2D eigenvalue weighted by molar-refractivity contribution is 7.12. The fraction of sp³-hybridized carbons (Fsp3) is 0.217. The summed E-state index contributed by atoms with van der Waals surface area (Å²) in [7, 11) is 0. The number of ether oxygens (including phenoxy) is 1. The second kappa shape index (κ2) is 8.92. The molecule has 6 heteroatoms. The van der Waals surface area contributed by atoms with Crippen molar-refractivity contribution in [2.45, 2.75) is 25.5 Å². The van der Waals surface area contributed by atoms with Gasteiger partial charge in [-0.05, 0) is 54.1 Å². The Bertz CT molecular complexity index is 956. The van der Waals surface area contributed by atoms with Gasteiger partial charge in [-0.1, -0.05) is 36.4 Å². The predicted molar refractivity (Wildman–Crippen MR) is 114 cm³/mol. The Hall–Kier alpha value is -3.12. The number of benzene rings is 2. The number of rotatable bonds is 6. The van der Waals surface area contributed by atoms with E-state index in [9.17, 15) is 9.59 Å². The van der Waals surface area contributed by atoms with Crippen LogP contribution in [0.5, 0.6) is 5.75 Å². The zero-order valence-electron chi connectivity index (χ0n) is 15.9. The van der Waals surface area contributed by atoms with E-state index >= 15 is 0 Å². The van der Waals surface area contributed by atoms with E-state index in [-0.39, 0.29) is 11.8 Å². The highest BCUT2D eigenvalue weighted by Gasteiger charge is 2.34. The normalized spacial score (nSPS) is 15.9. The summed E-state index contributed by atoms with van der Waals surface area (Å²) in [5, 5.41) is 4.80. The highest BCUT2D eigenvalue weighted by atomic mass is 32.1. The lowest BCUT2D eigenvalue weighted by Gasteiger charge is -2.23. The molecule has 0 aliphatic carbocycles. The van der Waals surface area contributed by atoms with Crippen LogP contribution in [-0.4, -0.2) is 29.3 Å². The van der Waals surface area contributed by atoms with Gasteiger partial charge in [-0.2, -0.15) is 0 Å². The van der Waals surface area contributed by atoms with Crippen molar-refractivity contribution in [3.63, 3.8) is 0 Å². The summed E-state index contributed by atoms with van der Waals surface area (Å²) in [6, 6.07) is 20.5. The van der Waals surface area contributed by atoms with Crippen molar-refractivity contribution in [3.05, 3.63) is 82.6 Å². The summed E-state index contributed by atoms with van der Waals surface area (Å²) in [6.45, 7) is 1.11. The van der Waals surface area contributed by atoms with E-state index in [1.165, 1.54) is 11.3 Å². The molecule has 1 saturated heterocycles. The third-order valence-electron chi connectivity index (χ3n) is 4.92. The summed E-state index contributed by atoms with van der Waals surface area (Å²) < 4.78 is 5.78. The number of likely N-dealkylation sites (tertiary alicyclic amines) is 1. The first-order chi connectivity index (χ1) is 14.2. The smallest absolute Gasteiger partial charge is 0.264 e. The zero-order valence-corrected chi connectivity index (χ0v) is 16.7. The molecule has 2 amide bonds. The molecule has 0 unspecified atom stereocenters. The van der Waals surface area contributed by atoms with E-state index in [0.29, 0.717) is 30.1 Å². The topological polar surface area (TPSA) is 58.6 Å². The van der Waals surface area contributed by atoms with Crippen LogP contribution in [0, 0.1) is 0 Å². The second-order valence-corrected chi connectivity index (χ2v) is 7.87. The van der Waals surface area contributed by atoms with Gasteiger partial charge in [0.05, 0.1) is 4.88 Å². The molecule has 4 rings (SSSR count). The Morgan fingerprint density at radius 3 is 2.55 bits per heavy atom. The molecule has 0 bridgehead atoms. The van der Waals surface area contributed by atoms with E-state index in [1.54, 1.807) is 11.0 Å². The molecule has 148 valence electrons. The molecule has 3 aromatic rings. The summed E-state index contributed by atoms with van der Waals surface area (Å²) in [5.74, 6) is 0.523. The van der Waals surface area contributed by atoms with Gasteiger partial charge in [0.1, 0.15) is 18.4 Å². The largest absolute Gasteiger partial charge is 0.489 e. The summed E-state index contributed by atoms with van der Waals surface area (Å²) in [5.41, 5.74) is 1.79. The van der Waals surface area contributed by atoms with Crippen LogP contribution in [0.2, 0.25) is 0 Å². The SMILES string of the molecule is O=C(Nc1ccc(OCc2ccccc2)cc1)[C@@H]1CCCN1C(=O)c1cccs1. The van der Waals surface area contributed by atoms with Crippen molar-refractivity contribution in [2.24, 2.45) is 0 Å². The summed E-state index contributed by atoms with van der Waals surface area (Å²) in [4.78, 5) is 27.8. The van der Waals surface area contributed by atoms with Crippen LogP contribution in [0.25, 0.3) is 0 Å². The minimum atomic E-state index is -0.432. The molecule has 0 spiro atoms. The maximum atomic E-state index is 12.8. The predicted octanol–water partition coefficient (Wildman–Crippen LogP) is 4.57. The van der Waals surface area contributed by atoms with Crippen LogP contribution in [0.1, 0.15) is 28.1 Å². The van der Waals surface area contributed by atoms with Crippen LogP contribution in [0.4, 0.5) is 5.69 Å². The van der Waals surface area contributed by atoms with Crippen LogP contribution in [0.3, 0.4) is 0 Å². The van der Waals surface area contributed by atoms with Crippen LogP contribution >= 0.6 is 11.3 Å². The lowest BCUT2D eigenvalue weighted by Crippen LogP contribution is -2.42. The standard InChI is InChI=1S/C23H22N2O3S/c26-22(20-8-4-14-25(20)23(27)21-9-5-15-29-21)24-18-10-12-19(13-11-18)28-16-17-6-2-1-3-7-17/h1-3,5-7,9-13,15,20H,4,8,14,16H2,(H,24,26)/t20-/m0/s1. The summed E-state index contributed by atoms with van der Waals surface area (Å²) in [6.07, 6.45) is 1.52. The molecule has 1 atom stereocenters. The van der Waals surface area contributed by atoms with Crippen molar-refractivity contribution in [3.8, 4) is 5.75 Å². The fourth-order valence-electron chi connectivity index (χ4n) is 3.43. The quantitative estimate of drug-likeness (QED) is 0.652. The molecule has 0 radical (unpaired) electrons. The van der Waals surface area contributed by atoms with Crippen molar-refractivity contribution in [2.75, 3.05) is 11.9 Å². The van der Waals surface area contributed by atoms with E-state index in [2.05, 4.69) is 5.32 Å². The molecule has 1 fully saturated rings. The number of anilines is 1. The molecule has 1 aliphatic rings. The third-order valence-corrected chi connectivity index (χ3v) is 5.78. The van der Waals surface area contributed by atoms with Gasteiger partial charge in [-0.15, -0.1) is 11.3 Å². The maximum absolute atomic E-state index is 12.8. The highest BCUT2D eigenvalue weighted by Crippen LogP contribution is 2.24. The number of nitrogens with zero attached hydrogens (tertiary/aromatic N) is 1. The number of nitrogens with one attached hydrogen (secondary N) is 1. The zero-order chi connectivity index (χ0) is 20.1. The van der Waals surface area contributed by atoms with Gasteiger partial charge in [-0.3, -0.25) is 9.59 Å². The Kier molecular flexibility index (Phi) is 5.91. The molecule has 1 N–H and O–H groups in total.